The summed E-state index contributed by atoms with van der Waals surface area (Å²) in [5.41, 5.74) is 0.629. The van der Waals surface area contributed by atoms with Crippen LogP contribution in [0.1, 0.15) is 29.9 Å². The predicted octanol–water partition coefficient (Wildman–Crippen LogP) is 3.82. The van der Waals surface area contributed by atoms with Crippen molar-refractivity contribution >= 4 is 0 Å². The first-order chi connectivity index (χ1) is 10.4. The number of hydrogen-bond acceptors (Lipinski definition) is 3. The van der Waals surface area contributed by atoms with Crippen LogP contribution in [0.15, 0.2) is 30.9 Å². The van der Waals surface area contributed by atoms with Gasteiger partial charge in [0.05, 0.1) is 5.56 Å². The van der Waals surface area contributed by atoms with Crippen LogP contribution in [0.5, 0.6) is 5.75 Å². The molecule has 3 nitrogen and oxygen atoms in total. The first-order valence-corrected chi connectivity index (χ1v) is 7.06. The van der Waals surface area contributed by atoms with E-state index in [-0.39, 0.29) is 11.5 Å². The van der Waals surface area contributed by atoms with Crippen molar-refractivity contribution in [1.29, 1.82) is 5.26 Å². The van der Waals surface area contributed by atoms with Crippen molar-refractivity contribution in [3.05, 3.63) is 42.0 Å². The van der Waals surface area contributed by atoms with Gasteiger partial charge in [-0.1, -0.05) is 18.2 Å². The molecule has 0 spiro atoms. The van der Waals surface area contributed by atoms with Crippen molar-refractivity contribution < 1.29 is 17.9 Å². The number of halogens is 3. The maximum Gasteiger partial charge on any atom is 0.573 e. The first kappa shape index (κ1) is 16.4. The molecule has 0 saturated carbocycles. The molecule has 1 aromatic rings. The largest absolute Gasteiger partial charge is 0.573 e. The van der Waals surface area contributed by atoms with E-state index in [9.17, 15) is 18.4 Å². The maximum atomic E-state index is 12.4. The molecule has 1 aliphatic rings. The number of hydrogen-bond donors (Lipinski definition) is 0. The third kappa shape index (κ3) is 4.01. The van der Waals surface area contributed by atoms with E-state index in [1.54, 1.807) is 6.07 Å². The molecular formula is C16H17F3N2O. The van der Waals surface area contributed by atoms with Gasteiger partial charge in [-0.2, -0.15) is 5.26 Å². The van der Waals surface area contributed by atoms with Gasteiger partial charge in [0.1, 0.15) is 11.8 Å². The van der Waals surface area contributed by atoms with Gasteiger partial charge in [0.2, 0.25) is 0 Å². The van der Waals surface area contributed by atoms with Gasteiger partial charge in [-0.05, 0) is 43.5 Å². The Morgan fingerprint density at radius 1 is 1.36 bits per heavy atom. The van der Waals surface area contributed by atoms with E-state index in [2.05, 4.69) is 16.2 Å². The molecule has 0 amide bonds. The van der Waals surface area contributed by atoms with Crippen molar-refractivity contribution in [3.8, 4) is 11.8 Å². The summed E-state index contributed by atoms with van der Waals surface area (Å²) in [6.07, 6.45) is -1.35. The minimum absolute atomic E-state index is 0.0120. The second-order valence-corrected chi connectivity index (χ2v) is 5.24. The smallest absolute Gasteiger partial charge is 0.404 e. The van der Waals surface area contributed by atoms with Gasteiger partial charge in [0.25, 0.3) is 0 Å². The number of benzene rings is 1. The van der Waals surface area contributed by atoms with E-state index >= 15 is 0 Å². The zero-order valence-corrected chi connectivity index (χ0v) is 12.1. The van der Waals surface area contributed by atoms with Crippen LogP contribution >= 0.6 is 0 Å². The van der Waals surface area contributed by atoms with Crippen LogP contribution in [-0.4, -0.2) is 30.9 Å². The van der Waals surface area contributed by atoms with E-state index < -0.39 is 12.1 Å². The van der Waals surface area contributed by atoms with Crippen LogP contribution in [0, 0.1) is 11.3 Å². The van der Waals surface area contributed by atoms with Gasteiger partial charge in [-0.15, -0.1) is 19.8 Å². The number of ether oxygens (including phenoxy) is 1. The molecule has 0 bridgehead atoms. The Hall–Kier alpha value is -2.00. The van der Waals surface area contributed by atoms with Crippen molar-refractivity contribution in [2.75, 3.05) is 19.6 Å². The highest BCUT2D eigenvalue weighted by Crippen LogP contribution is 2.35. The predicted molar refractivity (Wildman–Crippen MR) is 76.5 cm³/mol. The molecule has 0 N–H and O–H groups in total. The topological polar surface area (TPSA) is 36.3 Å². The fourth-order valence-corrected chi connectivity index (χ4v) is 2.83. The minimum atomic E-state index is -4.79. The average molecular weight is 310 g/mol. The Labute approximate surface area is 127 Å². The standard InChI is InChI=1S/C16H17F3N2O/c1-2-8-21-9-6-12(7-10-21)13-4-3-5-15(14(13)11-20)22-16(17,18)19/h2-5,12H,1,6-10H2. The zero-order chi connectivity index (χ0) is 16.2. The van der Waals surface area contributed by atoms with Crippen molar-refractivity contribution in [1.82, 2.24) is 4.90 Å². The Morgan fingerprint density at radius 3 is 2.59 bits per heavy atom. The van der Waals surface area contributed by atoms with E-state index in [1.807, 2.05) is 12.1 Å². The SMILES string of the molecule is C=CCN1CCC(c2cccc(OC(F)(F)F)c2C#N)CC1. The molecule has 1 saturated heterocycles. The Morgan fingerprint density at radius 2 is 2.05 bits per heavy atom. The van der Waals surface area contributed by atoms with Gasteiger partial charge in [0.15, 0.2) is 0 Å². The summed E-state index contributed by atoms with van der Waals surface area (Å²) in [5.74, 6) is -0.339. The average Bonchev–Trinajstić information content (AvgIpc) is 2.46. The van der Waals surface area contributed by atoms with E-state index in [4.69, 9.17) is 0 Å². The third-order valence-corrected chi connectivity index (χ3v) is 3.81. The molecule has 1 fully saturated rings. The lowest BCUT2D eigenvalue weighted by Crippen LogP contribution is -2.33. The highest BCUT2D eigenvalue weighted by molar-refractivity contribution is 5.50. The summed E-state index contributed by atoms with van der Waals surface area (Å²) in [6, 6.07) is 6.27. The number of nitriles is 1. The van der Waals surface area contributed by atoms with Gasteiger partial charge in [-0.25, -0.2) is 0 Å². The lowest BCUT2D eigenvalue weighted by molar-refractivity contribution is -0.274. The highest BCUT2D eigenvalue weighted by Gasteiger charge is 2.33. The molecule has 118 valence electrons. The molecular weight excluding hydrogens is 293 g/mol. The van der Waals surface area contributed by atoms with Gasteiger partial charge in [0, 0.05) is 6.54 Å². The summed E-state index contributed by atoms with van der Waals surface area (Å²) in [6.45, 7) is 6.18. The van der Waals surface area contributed by atoms with E-state index in [0.29, 0.717) is 5.56 Å². The Balaban J connectivity index is 2.20. The van der Waals surface area contributed by atoms with Crippen LogP contribution in [-0.2, 0) is 0 Å². The second kappa shape index (κ2) is 6.84. The van der Waals surface area contributed by atoms with Gasteiger partial charge < -0.3 is 4.74 Å². The lowest BCUT2D eigenvalue weighted by atomic mass is 9.86. The molecule has 1 heterocycles. The summed E-state index contributed by atoms with van der Waals surface area (Å²) in [4.78, 5) is 2.23. The number of rotatable bonds is 4. The minimum Gasteiger partial charge on any atom is -0.404 e. The molecule has 1 aliphatic heterocycles. The van der Waals surface area contributed by atoms with E-state index in [1.165, 1.54) is 12.1 Å². The molecule has 0 aliphatic carbocycles. The molecule has 0 aromatic heterocycles. The molecule has 6 heteroatoms. The fraction of sp³-hybridized carbons (Fsp3) is 0.438. The Bertz CT molecular complexity index is 570. The van der Waals surface area contributed by atoms with Crippen LogP contribution < -0.4 is 4.74 Å². The molecule has 22 heavy (non-hydrogen) atoms. The van der Waals surface area contributed by atoms with Crippen molar-refractivity contribution in [3.63, 3.8) is 0 Å². The van der Waals surface area contributed by atoms with Crippen LogP contribution in [0.25, 0.3) is 0 Å². The normalized spacial score (nSPS) is 17.0. The van der Waals surface area contributed by atoms with Crippen molar-refractivity contribution in [2.24, 2.45) is 0 Å². The molecule has 0 radical (unpaired) electrons. The van der Waals surface area contributed by atoms with Crippen molar-refractivity contribution in [2.45, 2.75) is 25.1 Å². The summed E-state index contributed by atoms with van der Waals surface area (Å²) < 4.78 is 41.2. The third-order valence-electron chi connectivity index (χ3n) is 3.81. The molecule has 0 unspecified atom stereocenters. The molecule has 1 aromatic carbocycles. The fourth-order valence-electron chi connectivity index (χ4n) is 2.83. The number of likely N-dealkylation sites (tertiary alicyclic amines) is 1. The highest BCUT2D eigenvalue weighted by atomic mass is 19.4. The van der Waals surface area contributed by atoms with Gasteiger partial charge in [-0.3, -0.25) is 4.90 Å². The zero-order valence-electron chi connectivity index (χ0n) is 12.1. The number of piperidine rings is 1. The van der Waals surface area contributed by atoms with Crippen LogP contribution in [0.2, 0.25) is 0 Å². The molecule has 0 atom stereocenters. The quantitative estimate of drug-likeness (QED) is 0.793. The number of alkyl halides is 3. The van der Waals surface area contributed by atoms with Crippen LogP contribution in [0.4, 0.5) is 13.2 Å². The maximum absolute atomic E-state index is 12.4. The molecule has 2 rings (SSSR count). The summed E-state index contributed by atoms with van der Waals surface area (Å²) in [5, 5.41) is 9.24. The van der Waals surface area contributed by atoms with E-state index in [0.717, 1.165) is 32.5 Å². The number of nitrogens with zero attached hydrogens (tertiary/aromatic N) is 2. The monoisotopic (exact) mass is 310 g/mol. The summed E-state index contributed by atoms with van der Waals surface area (Å²) >= 11 is 0. The second-order valence-electron chi connectivity index (χ2n) is 5.24. The van der Waals surface area contributed by atoms with Crippen LogP contribution in [0.3, 0.4) is 0 Å². The van der Waals surface area contributed by atoms with Gasteiger partial charge >= 0.3 is 6.36 Å². The lowest BCUT2D eigenvalue weighted by Gasteiger charge is -2.31. The first-order valence-electron chi connectivity index (χ1n) is 7.06. The summed E-state index contributed by atoms with van der Waals surface area (Å²) in [7, 11) is 0. The Kier molecular flexibility index (Phi) is 5.09.